The Morgan fingerprint density at radius 2 is 1.81 bits per heavy atom. The third kappa shape index (κ3) is 2.87. The molecule has 21 heavy (non-hydrogen) atoms. The smallest absolute Gasteiger partial charge is 0.146 e. The van der Waals surface area contributed by atoms with Crippen molar-refractivity contribution in [3.63, 3.8) is 0 Å². The maximum absolute atomic E-state index is 13.8. The van der Waals surface area contributed by atoms with E-state index in [1.165, 1.54) is 11.6 Å². The Hall–Kier alpha value is -2.03. The minimum Gasteiger partial charge on any atom is -0.497 e. The lowest BCUT2D eigenvalue weighted by Gasteiger charge is -2.37. The molecule has 1 N–H and O–H groups in total. The van der Waals surface area contributed by atoms with Gasteiger partial charge in [-0.05, 0) is 55.0 Å². The van der Waals surface area contributed by atoms with Gasteiger partial charge in [0.15, 0.2) is 0 Å². The highest BCUT2D eigenvalue weighted by Gasteiger charge is 2.30. The number of para-hydroxylation sites is 1. The number of ether oxygens (including phenoxy) is 1. The van der Waals surface area contributed by atoms with Gasteiger partial charge in [-0.2, -0.15) is 0 Å². The second-order valence-electron chi connectivity index (χ2n) is 5.71. The first-order valence-corrected chi connectivity index (χ1v) is 7.33. The summed E-state index contributed by atoms with van der Waals surface area (Å²) in [6.45, 7) is 1.94. The first-order chi connectivity index (χ1) is 10.2. The summed E-state index contributed by atoms with van der Waals surface area (Å²) in [6.07, 6.45) is 2.08. The molecule has 0 amide bonds. The highest BCUT2D eigenvalue weighted by Crippen LogP contribution is 2.39. The molecule has 1 aliphatic rings. The predicted octanol–water partition coefficient (Wildman–Crippen LogP) is 4.50. The van der Waals surface area contributed by atoms with Crippen LogP contribution in [0.3, 0.4) is 0 Å². The van der Waals surface area contributed by atoms with Crippen molar-refractivity contribution in [3.8, 4) is 5.75 Å². The van der Waals surface area contributed by atoms with Gasteiger partial charge in [0.25, 0.3) is 0 Å². The molecule has 0 bridgehead atoms. The monoisotopic (exact) mass is 285 g/mol. The van der Waals surface area contributed by atoms with Gasteiger partial charge < -0.3 is 10.1 Å². The van der Waals surface area contributed by atoms with E-state index in [0.717, 1.165) is 24.2 Å². The average Bonchev–Trinajstić information content (AvgIpc) is 2.45. The molecule has 0 spiro atoms. The number of methoxy groups -OCH3 is 1. The Bertz CT molecular complexity index is 597. The SMILES string of the molecule is COc1ccc(C2CC(Nc3c(C)cccc3F)C2)cc1. The normalized spacial score (nSPS) is 20.7. The Morgan fingerprint density at radius 3 is 2.43 bits per heavy atom. The van der Waals surface area contributed by atoms with E-state index in [2.05, 4.69) is 17.4 Å². The fraction of sp³-hybridized carbons (Fsp3) is 0.333. The van der Waals surface area contributed by atoms with Gasteiger partial charge in [-0.3, -0.25) is 0 Å². The van der Waals surface area contributed by atoms with Gasteiger partial charge in [0.05, 0.1) is 12.8 Å². The van der Waals surface area contributed by atoms with Crippen molar-refractivity contribution in [1.29, 1.82) is 0 Å². The van der Waals surface area contributed by atoms with Crippen LogP contribution >= 0.6 is 0 Å². The molecule has 0 saturated heterocycles. The highest BCUT2D eigenvalue weighted by atomic mass is 19.1. The molecule has 3 rings (SSSR count). The molecule has 1 aliphatic carbocycles. The first-order valence-electron chi connectivity index (χ1n) is 7.33. The molecule has 110 valence electrons. The minimum atomic E-state index is -0.164. The van der Waals surface area contributed by atoms with Gasteiger partial charge >= 0.3 is 0 Å². The fourth-order valence-corrected chi connectivity index (χ4v) is 2.90. The summed E-state index contributed by atoms with van der Waals surface area (Å²) in [5.41, 5.74) is 2.94. The van der Waals surface area contributed by atoms with Crippen LogP contribution in [0.4, 0.5) is 10.1 Å². The molecule has 0 atom stereocenters. The number of nitrogens with one attached hydrogen (secondary N) is 1. The van der Waals surface area contributed by atoms with Gasteiger partial charge in [0.1, 0.15) is 11.6 Å². The van der Waals surface area contributed by atoms with E-state index in [1.54, 1.807) is 13.2 Å². The maximum Gasteiger partial charge on any atom is 0.146 e. The van der Waals surface area contributed by atoms with Crippen molar-refractivity contribution < 1.29 is 9.13 Å². The van der Waals surface area contributed by atoms with Crippen molar-refractivity contribution in [3.05, 3.63) is 59.4 Å². The van der Waals surface area contributed by atoms with Crippen molar-refractivity contribution in [2.24, 2.45) is 0 Å². The summed E-state index contributed by atoms with van der Waals surface area (Å²) >= 11 is 0. The van der Waals surface area contributed by atoms with E-state index in [-0.39, 0.29) is 5.82 Å². The highest BCUT2D eigenvalue weighted by molar-refractivity contribution is 5.53. The summed E-state index contributed by atoms with van der Waals surface area (Å²) in [6, 6.07) is 13.8. The summed E-state index contributed by atoms with van der Waals surface area (Å²) in [5.74, 6) is 1.28. The lowest BCUT2D eigenvalue weighted by atomic mass is 9.75. The van der Waals surface area contributed by atoms with Gasteiger partial charge in [0.2, 0.25) is 0 Å². The second kappa shape index (κ2) is 5.76. The third-order valence-corrected chi connectivity index (χ3v) is 4.30. The zero-order valence-electron chi connectivity index (χ0n) is 12.4. The maximum atomic E-state index is 13.8. The van der Waals surface area contributed by atoms with E-state index < -0.39 is 0 Å². The Kier molecular flexibility index (Phi) is 3.82. The fourth-order valence-electron chi connectivity index (χ4n) is 2.90. The molecule has 0 aliphatic heterocycles. The van der Waals surface area contributed by atoms with Crippen molar-refractivity contribution >= 4 is 5.69 Å². The number of rotatable bonds is 4. The number of aryl methyl sites for hydroxylation is 1. The molecule has 0 heterocycles. The first kappa shape index (κ1) is 13.9. The predicted molar refractivity (Wildman–Crippen MR) is 83.5 cm³/mol. The number of halogens is 1. The number of anilines is 1. The van der Waals surface area contributed by atoms with Gasteiger partial charge in [-0.25, -0.2) is 4.39 Å². The molecule has 1 fully saturated rings. The zero-order chi connectivity index (χ0) is 14.8. The topological polar surface area (TPSA) is 21.3 Å². The Balaban J connectivity index is 1.60. The third-order valence-electron chi connectivity index (χ3n) is 4.30. The summed E-state index contributed by atoms with van der Waals surface area (Å²) in [5, 5.41) is 3.34. The van der Waals surface area contributed by atoms with E-state index in [0.29, 0.717) is 17.6 Å². The molecule has 0 unspecified atom stereocenters. The number of hydrogen-bond acceptors (Lipinski definition) is 2. The molecule has 0 aromatic heterocycles. The van der Waals surface area contributed by atoms with Crippen molar-refractivity contribution in [2.45, 2.75) is 31.7 Å². The van der Waals surface area contributed by atoms with Gasteiger partial charge in [-0.15, -0.1) is 0 Å². The lowest BCUT2D eigenvalue weighted by Crippen LogP contribution is -2.34. The molecular formula is C18H20FNO. The van der Waals surface area contributed by atoms with Crippen LogP contribution in [0.25, 0.3) is 0 Å². The van der Waals surface area contributed by atoms with Crippen LogP contribution in [0, 0.1) is 12.7 Å². The van der Waals surface area contributed by atoms with E-state index >= 15 is 0 Å². The molecule has 1 saturated carbocycles. The van der Waals surface area contributed by atoms with Crippen LogP contribution in [0.1, 0.15) is 29.9 Å². The Labute approximate surface area is 125 Å². The molecular weight excluding hydrogens is 265 g/mol. The minimum absolute atomic E-state index is 0.164. The largest absolute Gasteiger partial charge is 0.497 e. The summed E-state index contributed by atoms with van der Waals surface area (Å²) in [4.78, 5) is 0. The van der Waals surface area contributed by atoms with Gasteiger partial charge in [-0.1, -0.05) is 24.3 Å². The molecule has 3 heteroatoms. The van der Waals surface area contributed by atoms with Crippen LogP contribution in [0.2, 0.25) is 0 Å². The average molecular weight is 285 g/mol. The molecule has 2 aromatic rings. The standard InChI is InChI=1S/C18H20FNO/c1-12-4-3-5-17(19)18(12)20-15-10-14(11-15)13-6-8-16(21-2)9-7-13/h3-9,14-15,20H,10-11H2,1-2H3. The summed E-state index contributed by atoms with van der Waals surface area (Å²) < 4.78 is 19.0. The number of benzene rings is 2. The van der Waals surface area contributed by atoms with Crippen LogP contribution in [-0.2, 0) is 0 Å². The second-order valence-corrected chi connectivity index (χ2v) is 5.71. The van der Waals surface area contributed by atoms with E-state index in [4.69, 9.17) is 4.74 Å². The van der Waals surface area contributed by atoms with E-state index in [9.17, 15) is 4.39 Å². The molecule has 0 radical (unpaired) electrons. The van der Waals surface area contributed by atoms with Gasteiger partial charge in [0, 0.05) is 6.04 Å². The quantitative estimate of drug-likeness (QED) is 0.893. The molecule has 2 nitrogen and oxygen atoms in total. The lowest BCUT2D eigenvalue weighted by molar-refractivity contribution is 0.371. The van der Waals surface area contributed by atoms with Crippen molar-refractivity contribution in [1.82, 2.24) is 0 Å². The summed E-state index contributed by atoms with van der Waals surface area (Å²) in [7, 11) is 1.68. The van der Waals surface area contributed by atoms with Crippen LogP contribution in [0.15, 0.2) is 42.5 Å². The molecule has 2 aromatic carbocycles. The van der Waals surface area contributed by atoms with E-state index in [1.807, 2.05) is 25.1 Å². The van der Waals surface area contributed by atoms with Crippen LogP contribution in [-0.4, -0.2) is 13.2 Å². The zero-order valence-corrected chi connectivity index (χ0v) is 12.4. The Morgan fingerprint density at radius 1 is 1.10 bits per heavy atom. The van der Waals surface area contributed by atoms with Crippen LogP contribution in [0.5, 0.6) is 5.75 Å². The number of hydrogen-bond donors (Lipinski definition) is 1. The van der Waals surface area contributed by atoms with Crippen LogP contribution < -0.4 is 10.1 Å². The van der Waals surface area contributed by atoms with Crippen molar-refractivity contribution in [2.75, 3.05) is 12.4 Å².